The Balaban J connectivity index is 1.94. The third-order valence-electron chi connectivity index (χ3n) is 4.84. The van der Waals surface area contributed by atoms with Crippen LogP contribution < -0.4 is 0 Å². The quantitative estimate of drug-likeness (QED) is 0.456. The Hall–Kier alpha value is -2.63. The molecule has 1 atom stereocenters. The fraction of sp³-hybridized carbons (Fsp3) is 0.130. The summed E-state index contributed by atoms with van der Waals surface area (Å²) >= 11 is 9.65. The monoisotopic (exact) mass is 468 g/mol. The molecule has 1 heterocycles. The zero-order valence-corrected chi connectivity index (χ0v) is 18.0. The van der Waals surface area contributed by atoms with E-state index < -0.39 is 0 Å². The zero-order valence-electron chi connectivity index (χ0n) is 15.7. The standard InChI is InChI=1S/C23H18BrClN2O2/c1-29-21(28)14-27-22(15-5-3-2-4-6-15)19-13-17(24)9-12-20(19)26-23(27)16-7-10-18(25)11-8-16/h2-13,22H,14H2,1H3/t22-/m0/s1. The fourth-order valence-electron chi connectivity index (χ4n) is 3.51. The average molecular weight is 470 g/mol. The Labute approximate surface area is 182 Å². The number of methoxy groups -OCH3 is 1. The van der Waals surface area contributed by atoms with Crippen LogP contribution in [0.2, 0.25) is 5.02 Å². The van der Waals surface area contributed by atoms with Crippen LogP contribution in [0.3, 0.4) is 0 Å². The number of fused-ring (bicyclic) bond motifs is 1. The zero-order chi connectivity index (χ0) is 20.4. The number of ether oxygens (including phenoxy) is 1. The molecule has 1 aliphatic rings. The van der Waals surface area contributed by atoms with Crippen molar-refractivity contribution in [3.05, 3.63) is 99.0 Å². The predicted octanol–water partition coefficient (Wildman–Crippen LogP) is 5.76. The molecule has 0 fully saturated rings. The highest BCUT2D eigenvalue weighted by Gasteiger charge is 2.33. The second-order valence-electron chi connectivity index (χ2n) is 6.66. The van der Waals surface area contributed by atoms with Gasteiger partial charge in [-0.1, -0.05) is 57.9 Å². The van der Waals surface area contributed by atoms with E-state index >= 15 is 0 Å². The molecule has 3 aromatic carbocycles. The molecule has 1 aliphatic heterocycles. The number of hydrogen-bond donors (Lipinski definition) is 0. The summed E-state index contributed by atoms with van der Waals surface area (Å²) in [5.41, 5.74) is 3.84. The van der Waals surface area contributed by atoms with E-state index in [-0.39, 0.29) is 18.6 Å². The molecule has 0 N–H and O–H groups in total. The number of benzene rings is 3. The molecule has 0 bridgehead atoms. The van der Waals surface area contributed by atoms with Gasteiger partial charge in [0.2, 0.25) is 0 Å². The Morgan fingerprint density at radius 2 is 1.83 bits per heavy atom. The van der Waals surface area contributed by atoms with E-state index in [1.54, 1.807) is 0 Å². The number of carbonyl (C=O) groups is 1. The van der Waals surface area contributed by atoms with E-state index in [1.165, 1.54) is 7.11 Å². The van der Waals surface area contributed by atoms with Gasteiger partial charge < -0.3 is 9.64 Å². The van der Waals surface area contributed by atoms with E-state index in [0.29, 0.717) is 10.9 Å². The summed E-state index contributed by atoms with van der Waals surface area (Å²) in [6.07, 6.45) is 0. The summed E-state index contributed by atoms with van der Waals surface area (Å²) in [7, 11) is 1.40. The van der Waals surface area contributed by atoms with Crippen molar-refractivity contribution in [2.75, 3.05) is 13.7 Å². The van der Waals surface area contributed by atoms with Crippen molar-refractivity contribution in [1.82, 2.24) is 4.90 Å². The summed E-state index contributed by atoms with van der Waals surface area (Å²) < 4.78 is 5.94. The van der Waals surface area contributed by atoms with E-state index in [2.05, 4.69) is 34.1 Å². The minimum atomic E-state index is -0.328. The molecule has 0 saturated heterocycles. The molecule has 3 aromatic rings. The minimum Gasteiger partial charge on any atom is -0.468 e. The van der Waals surface area contributed by atoms with Gasteiger partial charge in [0.25, 0.3) is 0 Å². The van der Waals surface area contributed by atoms with Gasteiger partial charge in [-0.3, -0.25) is 4.79 Å². The predicted molar refractivity (Wildman–Crippen MR) is 119 cm³/mol. The molecule has 0 amide bonds. The van der Waals surface area contributed by atoms with Crippen LogP contribution in [0, 0.1) is 0 Å². The average Bonchev–Trinajstić information content (AvgIpc) is 2.74. The van der Waals surface area contributed by atoms with Crippen LogP contribution in [-0.2, 0) is 9.53 Å². The Kier molecular flexibility index (Phi) is 5.69. The highest BCUT2D eigenvalue weighted by molar-refractivity contribution is 9.10. The number of halogens is 2. The maximum atomic E-state index is 12.3. The molecule has 29 heavy (non-hydrogen) atoms. The van der Waals surface area contributed by atoms with Crippen molar-refractivity contribution in [3.8, 4) is 0 Å². The van der Waals surface area contributed by atoms with Crippen LogP contribution in [0.25, 0.3) is 0 Å². The lowest BCUT2D eigenvalue weighted by Crippen LogP contribution is -2.42. The van der Waals surface area contributed by atoms with Gasteiger partial charge in [-0.15, -0.1) is 0 Å². The number of rotatable bonds is 4. The van der Waals surface area contributed by atoms with Gasteiger partial charge in [-0.2, -0.15) is 0 Å². The lowest BCUT2D eigenvalue weighted by molar-refractivity contribution is -0.141. The smallest absolute Gasteiger partial charge is 0.325 e. The first-order valence-electron chi connectivity index (χ1n) is 9.09. The fourth-order valence-corrected chi connectivity index (χ4v) is 4.01. The molecule has 146 valence electrons. The summed E-state index contributed by atoms with van der Waals surface area (Å²) in [5, 5.41) is 0.647. The highest BCUT2D eigenvalue weighted by Crippen LogP contribution is 2.41. The molecule has 6 heteroatoms. The van der Waals surface area contributed by atoms with Gasteiger partial charge in [0.05, 0.1) is 18.8 Å². The van der Waals surface area contributed by atoms with Crippen molar-refractivity contribution in [1.29, 1.82) is 0 Å². The van der Waals surface area contributed by atoms with Crippen LogP contribution in [0.5, 0.6) is 0 Å². The molecule has 0 aromatic heterocycles. The number of aliphatic imine (C=N–C) groups is 1. The number of amidine groups is 1. The molecule has 4 rings (SSSR count). The van der Waals surface area contributed by atoms with E-state index in [1.807, 2.05) is 59.5 Å². The largest absolute Gasteiger partial charge is 0.468 e. The Morgan fingerprint density at radius 1 is 1.10 bits per heavy atom. The first-order chi connectivity index (χ1) is 14.1. The maximum absolute atomic E-state index is 12.3. The molecule has 0 saturated carbocycles. The van der Waals surface area contributed by atoms with E-state index in [4.69, 9.17) is 21.3 Å². The first-order valence-corrected chi connectivity index (χ1v) is 10.3. The van der Waals surface area contributed by atoms with Gasteiger partial charge >= 0.3 is 5.97 Å². The van der Waals surface area contributed by atoms with Crippen LogP contribution in [-0.4, -0.2) is 30.4 Å². The summed E-state index contributed by atoms with van der Waals surface area (Å²) in [6, 6.07) is 23.4. The second kappa shape index (κ2) is 8.39. The van der Waals surface area contributed by atoms with Crippen molar-refractivity contribution < 1.29 is 9.53 Å². The minimum absolute atomic E-state index is 0.0729. The molecular formula is C23H18BrClN2O2. The lowest BCUT2D eigenvalue weighted by Gasteiger charge is -2.38. The number of hydrogen-bond acceptors (Lipinski definition) is 4. The molecule has 0 spiro atoms. The Morgan fingerprint density at radius 3 is 2.52 bits per heavy atom. The van der Waals surface area contributed by atoms with Crippen LogP contribution >= 0.6 is 27.5 Å². The number of esters is 1. The van der Waals surface area contributed by atoms with E-state index in [9.17, 15) is 4.79 Å². The topological polar surface area (TPSA) is 41.9 Å². The van der Waals surface area contributed by atoms with Gasteiger partial charge in [-0.25, -0.2) is 4.99 Å². The lowest BCUT2D eigenvalue weighted by atomic mass is 9.93. The summed E-state index contributed by atoms with van der Waals surface area (Å²) in [4.78, 5) is 19.2. The van der Waals surface area contributed by atoms with Crippen molar-refractivity contribution in [3.63, 3.8) is 0 Å². The van der Waals surface area contributed by atoms with Crippen LogP contribution in [0.4, 0.5) is 5.69 Å². The SMILES string of the molecule is COC(=O)CN1C(c2ccc(Cl)cc2)=Nc2ccc(Br)cc2[C@@H]1c1ccccc1. The third-order valence-corrected chi connectivity index (χ3v) is 5.58. The third kappa shape index (κ3) is 4.07. The number of nitrogens with zero attached hydrogens (tertiary/aromatic N) is 2. The van der Waals surface area contributed by atoms with Crippen molar-refractivity contribution in [2.45, 2.75) is 6.04 Å². The van der Waals surface area contributed by atoms with E-state index in [0.717, 1.165) is 26.9 Å². The first kappa shape index (κ1) is 19.7. The van der Waals surface area contributed by atoms with Gasteiger partial charge in [0, 0.05) is 20.6 Å². The maximum Gasteiger partial charge on any atom is 0.325 e. The summed E-state index contributed by atoms with van der Waals surface area (Å²) in [6.45, 7) is 0.0729. The number of carbonyl (C=O) groups excluding carboxylic acids is 1. The molecule has 0 unspecified atom stereocenters. The Bertz CT molecular complexity index is 1070. The second-order valence-corrected chi connectivity index (χ2v) is 8.01. The summed E-state index contributed by atoms with van der Waals surface area (Å²) in [5.74, 6) is 0.377. The van der Waals surface area contributed by atoms with Gasteiger partial charge in [0.15, 0.2) is 0 Å². The molecule has 0 radical (unpaired) electrons. The van der Waals surface area contributed by atoms with Crippen molar-refractivity contribution >= 4 is 45.0 Å². The van der Waals surface area contributed by atoms with Crippen LogP contribution in [0.1, 0.15) is 22.7 Å². The normalized spacial score (nSPS) is 15.5. The highest BCUT2D eigenvalue weighted by atomic mass is 79.9. The van der Waals surface area contributed by atoms with Gasteiger partial charge in [0.1, 0.15) is 12.4 Å². The molecular weight excluding hydrogens is 452 g/mol. The van der Waals surface area contributed by atoms with Gasteiger partial charge in [-0.05, 0) is 48.0 Å². The van der Waals surface area contributed by atoms with Crippen LogP contribution in [0.15, 0.2) is 82.3 Å². The molecule has 0 aliphatic carbocycles. The molecule has 4 nitrogen and oxygen atoms in total. The van der Waals surface area contributed by atoms with Crippen molar-refractivity contribution in [2.24, 2.45) is 4.99 Å².